The molecule has 1 aliphatic carbocycles. The summed E-state index contributed by atoms with van der Waals surface area (Å²) >= 11 is 0. The van der Waals surface area contributed by atoms with Crippen LogP contribution in [0, 0.1) is 0 Å². The van der Waals surface area contributed by atoms with E-state index in [0.29, 0.717) is 5.89 Å². The molecule has 5 nitrogen and oxygen atoms in total. The van der Waals surface area contributed by atoms with Gasteiger partial charge < -0.3 is 15.0 Å². The second-order valence-electron chi connectivity index (χ2n) is 4.71. The molecule has 1 saturated carbocycles. The predicted molar refractivity (Wildman–Crippen MR) is 59.2 cm³/mol. The third-order valence-electron chi connectivity index (χ3n) is 3.12. The zero-order valence-corrected chi connectivity index (χ0v) is 10.3. The summed E-state index contributed by atoms with van der Waals surface area (Å²) in [4.78, 5) is 4.05. The van der Waals surface area contributed by atoms with Crippen molar-refractivity contribution < 1.29 is 22.4 Å². The minimum Gasteiger partial charge on any atom is -0.364 e. The Morgan fingerprint density at radius 2 is 2.05 bits per heavy atom. The first-order chi connectivity index (χ1) is 8.96. The molecule has 0 bridgehead atoms. The van der Waals surface area contributed by atoms with Gasteiger partial charge in [0, 0.05) is 6.04 Å². The lowest BCUT2D eigenvalue weighted by Crippen LogP contribution is -2.31. The van der Waals surface area contributed by atoms with Gasteiger partial charge in [0.15, 0.2) is 5.82 Å². The van der Waals surface area contributed by atoms with Gasteiger partial charge in [-0.25, -0.2) is 0 Å². The van der Waals surface area contributed by atoms with E-state index >= 15 is 0 Å². The van der Waals surface area contributed by atoms with Crippen LogP contribution in [0.5, 0.6) is 0 Å². The minimum atomic E-state index is -4.35. The van der Waals surface area contributed by atoms with Crippen molar-refractivity contribution in [2.75, 3.05) is 6.61 Å². The molecule has 0 aromatic carbocycles. The maximum Gasteiger partial charge on any atom is 0.411 e. The smallest absolute Gasteiger partial charge is 0.364 e. The van der Waals surface area contributed by atoms with Gasteiger partial charge in [-0.15, -0.1) is 0 Å². The second-order valence-corrected chi connectivity index (χ2v) is 4.71. The molecule has 0 amide bonds. The predicted octanol–water partition coefficient (Wildman–Crippen LogP) is 2.13. The van der Waals surface area contributed by atoms with Gasteiger partial charge in [-0.3, -0.25) is 0 Å². The Morgan fingerprint density at radius 1 is 1.32 bits per heavy atom. The largest absolute Gasteiger partial charge is 0.411 e. The molecule has 108 valence electrons. The Kier molecular flexibility index (Phi) is 4.41. The van der Waals surface area contributed by atoms with Crippen molar-refractivity contribution in [1.82, 2.24) is 10.1 Å². The lowest BCUT2D eigenvalue weighted by atomic mass is 9.85. The molecule has 0 saturated heterocycles. The number of ether oxygens (including phenoxy) is 1. The number of alkyl halides is 3. The third-order valence-corrected chi connectivity index (χ3v) is 3.12. The van der Waals surface area contributed by atoms with Crippen molar-refractivity contribution in [2.45, 2.75) is 50.4 Å². The molecule has 1 heterocycles. The molecule has 1 aliphatic rings. The van der Waals surface area contributed by atoms with Crippen molar-refractivity contribution in [1.29, 1.82) is 0 Å². The summed E-state index contributed by atoms with van der Waals surface area (Å²) in [7, 11) is 0. The fraction of sp³-hybridized carbons (Fsp3) is 0.818. The lowest BCUT2D eigenvalue weighted by Gasteiger charge is -2.25. The van der Waals surface area contributed by atoms with Gasteiger partial charge in [0.05, 0.1) is 5.92 Å². The zero-order valence-electron chi connectivity index (χ0n) is 10.3. The first-order valence-corrected chi connectivity index (χ1v) is 6.18. The molecule has 2 atom stereocenters. The summed E-state index contributed by atoms with van der Waals surface area (Å²) in [6.45, 7) is -1.63. The van der Waals surface area contributed by atoms with Gasteiger partial charge >= 0.3 is 6.18 Å². The molecular weight excluding hydrogens is 263 g/mol. The van der Waals surface area contributed by atoms with Gasteiger partial charge in [0.25, 0.3) is 0 Å². The SMILES string of the molecule is NC1CCCCC1c1nc(COCC(F)(F)F)no1. The molecule has 2 unspecified atom stereocenters. The van der Waals surface area contributed by atoms with E-state index in [1.807, 2.05) is 0 Å². The van der Waals surface area contributed by atoms with Crippen LogP contribution in [-0.4, -0.2) is 29.0 Å². The molecule has 8 heteroatoms. The van der Waals surface area contributed by atoms with Crippen molar-refractivity contribution >= 4 is 0 Å². The molecule has 1 aromatic heterocycles. The molecule has 2 N–H and O–H groups in total. The summed E-state index contributed by atoms with van der Waals surface area (Å²) < 4.78 is 45.2. The van der Waals surface area contributed by atoms with Gasteiger partial charge in [-0.1, -0.05) is 18.0 Å². The van der Waals surface area contributed by atoms with E-state index in [1.165, 1.54) is 0 Å². The van der Waals surface area contributed by atoms with E-state index in [1.54, 1.807) is 0 Å². The molecule has 19 heavy (non-hydrogen) atoms. The average molecular weight is 279 g/mol. The zero-order chi connectivity index (χ0) is 13.9. The molecule has 0 aliphatic heterocycles. The van der Waals surface area contributed by atoms with Crippen LogP contribution in [0.1, 0.15) is 43.3 Å². The maximum absolute atomic E-state index is 11.9. The Bertz CT molecular complexity index is 408. The van der Waals surface area contributed by atoms with Crippen molar-refractivity contribution in [3.8, 4) is 0 Å². The highest BCUT2D eigenvalue weighted by Gasteiger charge is 2.29. The number of nitrogens with two attached hydrogens (primary N) is 1. The van der Waals surface area contributed by atoms with Crippen LogP contribution in [0.4, 0.5) is 13.2 Å². The standard InChI is InChI=1S/C11H16F3N3O2/c12-11(13,14)6-18-5-9-16-10(19-17-9)7-3-1-2-4-8(7)15/h7-8H,1-6,15H2. The number of rotatable bonds is 4. The van der Waals surface area contributed by atoms with Crippen molar-refractivity contribution in [3.63, 3.8) is 0 Å². The fourth-order valence-corrected chi connectivity index (χ4v) is 2.20. The Hall–Kier alpha value is -1.15. The van der Waals surface area contributed by atoms with Crippen LogP contribution < -0.4 is 5.73 Å². The molecule has 1 aromatic rings. The van der Waals surface area contributed by atoms with Crippen molar-refractivity contribution in [3.05, 3.63) is 11.7 Å². The van der Waals surface area contributed by atoms with Crippen LogP contribution in [0.15, 0.2) is 4.52 Å². The van der Waals surface area contributed by atoms with Crippen LogP contribution in [0.3, 0.4) is 0 Å². The second kappa shape index (κ2) is 5.87. The summed E-state index contributed by atoms with van der Waals surface area (Å²) in [6.07, 6.45) is -0.467. The van der Waals surface area contributed by atoms with Crippen LogP contribution >= 0.6 is 0 Å². The highest BCUT2D eigenvalue weighted by Crippen LogP contribution is 2.30. The highest BCUT2D eigenvalue weighted by molar-refractivity contribution is 5.00. The quantitative estimate of drug-likeness (QED) is 0.914. The normalized spacial score (nSPS) is 24.6. The van der Waals surface area contributed by atoms with Crippen LogP contribution in [0.25, 0.3) is 0 Å². The average Bonchev–Trinajstić information content (AvgIpc) is 2.76. The first kappa shape index (κ1) is 14.3. The molecule has 0 radical (unpaired) electrons. The molecular formula is C11H16F3N3O2. The third kappa shape index (κ3) is 4.17. The highest BCUT2D eigenvalue weighted by atomic mass is 19.4. The molecule has 1 fully saturated rings. The fourth-order valence-electron chi connectivity index (χ4n) is 2.20. The van der Waals surface area contributed by atoms with Gasteiger partial charge in [0.2, 0.25) is 5.89 Å². The van der Waals surface area contributed by atoms with Gasteiger partial charge in [0.1, 0.15) is 13.2 Å². The number of nitrogens with zero attached hydrogens (tertiary/aromatic N) is 2. The summed E-state index contributed by atoms with van der Waals surface area (Å²) in [5.41, 5.74) is 5.97. The number of hydrogen-bond donors (Lipinski definition) is 1. The maximum atomic E-state index is 11.9. The van der Waals surface area contributed by atoms with E-state index in [-0.39, 0.29) is 24.4 Å². The summed E-state index contributed by atoms with van der Waals surface area (Å²) in [5.74, 6) is 0.521. The first-order valence-electron chi connectivity index (χ1n) is 6.18. The van der Waals surface area contributed by atoms with Gasteiger partial charge in [-0.05, 0) is 12.8 Å². The number of hydrogen-bond acceptors (Lipinski definition) is 5. The monoisotopic (exact) mass is 279 g/mol. The Labute approximate surface area is 108 Å². The number of aromatic nitrogens is 2. The molecule has 2 rings (SSSR count). The number of halogens is 3. The lowest BCUT2D eigenvalue weighted by molar-refractivity contribution is -0.177. The van der Waals surface area contributed by atoms with E-state index in [9.17, 15) is 13.2 Å². The Balaban J connectivity index is 1.88. The van der Waals surface area contributed by atoms with Crippen LogP contribution in [-0.2, 0) is 11.3 Å². The Morgan fingerprint density at radius 3 is 2.74 bits per heavy atom. The van der Waals surface area contributed by atoms with E-state index in [2.05, 4.69) is 14.9 Å². The summed E-state index contributed by atoms with van der Waals surface area (Å²) in [6, 6.07) is -0.0295. The van der Waals surface area contributed by atoms with Gasteiger partial charge in [-0.2, -0.15) is 18.2 Å². The molecule has 0 spiro atoms. The van der Waals surface area contributed by atoms with E-state index < -0.39 is 12.8 Å². The van der Waals surface area contributed by atoms with Crippen LogP contribution in [0.2, 0.25) is 0 Å². The van der Waals surface area contributed by atoms with E-state index in [4.69, 9.17) is 10.3 Å². The summed E-state index contributed by atoms with van der Waals surface area (Å²) in [5, 5.41) is 3.61. The minimum absolute atomic E-state index is 0.00221. The van der Waals surface area contributed by atoms with E-state index in [0.717, 1.165) is 25.7 Å². The van der Waals surface area contributed by atoms with Crippen molar-refractivity contribution in [2.24, 2.45) is 5.73 Å². The topological polar surface area (TPSA) is 74.2 Å².